The molecular formula is C15H24NO5P. The maximum Gasteiger partial charge on any atom is 0.335 e. The van der Waals surface area contributed by atoms with E-state index in [4.69, 9.17) is 18.5 Å². The zero-order valence-corrected chi connectivity index (χ0v) is 14.5. The van der Waals surface area contributed by atoms with Crippen LogP contribution in [0.3, 0.4) is 0 Å². The second-order valence-electron chi connectivity index (χ2n) is 4.61. The first-order valence-corrected chi connectivity index (χ1v) is 8.86. The molecule has 0 N–H and O–H groups in total. The zero-order chi connectivity index (χ0) is 16.6. The minimum atomic E-state index is -3.36. The third-order valence-corrected chi connectivity index (χ3v) is 5.67. The molecule has 0 amide bonds. The lowest BCUT2D eigenvalue weighted by molar-refractivity contribution is 0.212. The summed E-state index contributed by atoms with van der Waals surface area (Å²) in [4.78, 5) is 0. The van der Waals surface area contributed by atoms with Crippen LogP contribution >= 0.6 is 7.60 Å². The Balaban J connectivity index is 3.00. The lowest BCUT2D eigenvalue weighted by atomic mass is 10.1. The molecule has 0 aliphatic heterocycles. The third-order valence-electron chi connectivity index (χ3n) is 3.20. The van der Waals surface area contributed by atoms with Gasteiger partial charge in [0.2, 0.25) is 0 Å². The van der Waals surface area contributed by atoms with Crippen molar-refractivity contribution in [2.24, 2.45) is 0 Å². The first-order chi connectivity index (χ1) is 10.5. The van der Waals surface area contributed by atoms with Gasteiger partial charge in [0.25, 0.3) is 0 Å². The predicted octanol–water partition coefficient (Wildman–Crippen LogP) is 2.95. The number of benzene rings is 1. The average Bonchev–Trinajstić information content (AvgIpc) is 2.52. The summed E-state index contributed by atoms with van der Waals surface area (Å²) in [6.07, 6.45) is 0.355. The molecule has 1 unspecified atom stereocenters. The van der Waals surface area contributed by atoms with Crippen LogP contribution in [0, 0.1) is 0 Å². The van der Waals surface area contributed by atoms with Crippen molar-refractivity contribution in [3.63, 3.8) is 0 Å². The highest BCUT2D eigenvalue weighted by Crippen LogP contribution is 2.53. The van der Waals surface area contributed by atoms with Crippen LogP contribution in [0.4, 0.5) is 0 Å². The predicted molar refractivity (Wildman–Crippen MR) is 84.9 cm³/mol. The Morgan fingerprint density at radius 2 is 1.68 bits per heavy atom. The summed E-state index contributed by atoms with van der Waals surface area (Å²) >= 11 is 0. The number of hydrogen-bond donors (Lipinski definition) is 0. The molecule has 0 saturated heterocycles. The van der Waals surface area contributed by atoms with Crippen molar-refractivity contribution in [2.75, 3.05) is 34.0 Å². The maximum absolute atomic E-state index is 12.8. The molecular weight excluding hydrogens is 305 g/mol. The Hall–Kier alpha value is -1.07. The summed E-state index contributed by atoms with van der Waals surface area (Å²) in [5, 5.41) is 0. The average molecular weight is 329 g/mol. The smallest absolute Gasteiger partial charge is 0.335 e. The fourth-order valence-corrected chi connectivity index (χ4v) is 4.01. The van der Waals surface area contributed by atoms with Crippen molar-refractivity contribution in [3.8, 4) is 11.5 Å². The molecule has 0 aliphatic carbocycles. The molecule has 0 aliphatic rings. The van der Waals surface area contributed by atoms with E-state index in [0.29, 0.717) is 17.9 Å². The van der Waals surface area contributed by atoms with Gasteiger partial charge >= 0.3 is 7.60 Å². The second-order valence-corrected chi connectivity index (χ2v) is 6.93. The van der Waals surface area contributed by atoms with E-state index in [1.807, 2.05) is 6.07 Å². The van der Waals surface area contributed by atoms with E-state index >= 15 is 0 Å². The van der Waals surface area contributed by atoms with E-state index in [2.05, 4.69) is 0 Å². The van der Waals surface area contributed by atoms with Gasteiger partial charge < -0.3 is 18.5 Å². The van der Waals surface area contributed by atoms with Crippen molar-refractivity contribution >= 4 is 7.60 Å². The highest BCUT2D eigenvalue weighted by molar-refractivity contribution is 7.54. The van der Waals surface area contributed by atoms with Gasteiger partial charge in [-0.2, -0.15) is 0 Å². The number of ether oxygens (including phenoxy) is 2. The van der Waals surface area contributed by atoms with E-state index in [-0.39, 0.29) is 19.8 Å². The van der Waals surface area contributed by atoms with Gasteiger partial charge in [0.15, 0.2) is 11.5 Å². The van der Waals surface area contributed by atoms with Gasteiger partial charge in [0.05, 0.1) is 33.1 Å². The molecule has 1 atom stereocenters. The standard InChI is InChI=1S/C15H24NO5P/c1-5-20-22(17,21-6-2)13(11-16)9-12-7-8-14(18-3)15(10-12)19-4/h7-8,10,13H,5-6,9,11H2,1-4H3. The van der Waals surface area contributed by atoms with E-state index in [9.17, 15) is 10.3 Å². The van der Waals surface area contributed by atoms with Crippen LogP contribution < -0.4 is 15.2 Å². The lowest BCUT2D eigenvalue weighted by Crippen LogP contribution is -2.21. The number of rotatable bonds is 10. The highest BCUT2D eigenvalue weighted by Gasteiger charge is 2.35. The first kappa shape index (κ1) is 19.0. The van der Waals surface area contributed by atoms with Crippen LogP contribution in [0.2, 0.25) is 0 Å². The van der Waals surface area contributed by atoms with E-state index in [1.165, 1.54) is 0 Å². The molecule has 1 rings (SSSR count). The van der Waals surface area contributed by atoms with E-state index in [1.54, 1.807) is 40.2 Å². The molecule has 7 heteroatoms. The molecule has 6 nitrogen and oxygen atoms in total. The molecule has 0 aromatic heterocycles. The Bertz CT molecular complexity index is 499. The number of methoxy groups -OCH3 is 2. The normalized spacial score (nSPS) is 13.0. The summed E-state index contributed by atoms with van der Waals surface area (Å²) in [5.74, 6) is 1.20. The molecule has 124 valence electrons. The number of nitrogens with zero attached hydrogens (tertiary/aromatic N) is 1. The third kappa shape index (κ3) is 4.71. The van der Waals surface area contributed by atoms with Crippen molar-refractivity contribution in [3.05, 3.63) is 23.8 Å². The highest BCUT2D eigenvalue weighted by atomic mass is 31.2. The quantitative estimate of drug-likeness (QED) is 0.617. The minimum Gasteiger partial charge on any atom is -0.493 e. The summed E-state index contributed by atoms with van der Waals surface area (Å²) in [6, 6.07) is 5.41. The van der Waals surface area contributed by atoms with E-state index in [0.717, 1.165) is 5.56 Å². The lowest BCUT2D eigenvalue weighted by Gasteiger charge is -2.25. The molecule has 2 radical (unpaired) electrons. The monoisotopic (exact) mass is 329 g/mol. The van der Waals surface area contributed by atoms with Gasteiger partial charge in [-0.1, -0.05) is 6.07 Å². The number of hydrogen-bond acceptors (Lipinski definition) is 5. The van der Waals surface area contributed by atoms with E-state index < -0.39 is 13.3 Å². The van der Waals surface area contributed by atoms with Crippen LogP contribution in [0.5, 0.6) is 11.5 Å². The maximum atomic E-state index is 12.8. The fourth-order valence-electron chi connectivity index (χ4n) is 2.16. The summed E-state index contributed by atoms with van der Waals surface area (Å²) in [6.45, 7) is 3.73. The molecule has 0 spiro atoms. The van der Waals surface area contributed by atoms with Crippen LogP contribution in [-0.2, 0) is 20.0 Å². The molecule has 0 bridgehead atoms. The van der Waals surface area contributed by atoms with Gasteiger partial charge in [0, 0.05) is 6.54 Å². The topological polar surface area (TPSA) is 76.3 Å². The molecule has 22 heavy (non-hydrogen) atoms. The van der Waals surface area contributed by atoms with Crippen molar-refractivity contribution in [2.45, 2.75) is 25.9 Å². The summed E-state index contributed by atoms with van der Waals surface area (Å²) < 4.78 is 33.8. The molecule has 1 aromatic carbocycles. The fraction of sp³-hybridized carbons (Fsp3) is 0.600. The SMILES string of the molecule is CCOP(=O)(OCC)C(C[N])Cc1ccc(OC)c(OC)c1. The molecule has 0 saturated carbocycles. The Morgan fingerprint density at radius 3 is 2.14 bits per heavy atom. The van der Waals surface area contributed by atoms with Crippen LogP contribution in [0.1, 0.15) is 19.4 Å². The minimum absolute atomic E-state index is 0.264. The Kier molecular flexibility index (Phi) is 7.90. The van der Waals surface area contributed by atoms with Crippen molar-refractivity contribution < 1.29 is 23.1 Å². The van der Waals surface area contributed by atoms with Gasteiger partial charge in [-0.15, -0.1) is 5.73 Å². The second kappa shape index (κ2) is 9.16. The molecule has 0 heterocycles. The Morgan fingerprint density at radius 1 is 1.09 bits per heavy atom. The van der Waals surface area contributed by atoms with Crippen molar-refractivity contribution in [1.82, 2.24) is 5.73 Å². The zero-order valence-electron chi connectivity index (χ0n) is 13.6. The Labute approximate surface area is 132 Å². The van der Waals surface area contributed by atoms with Crippen LogP contribution in [0.15, 0.2) is 18.2 Å². The van der Waals surface area contributed by atoms with Gasteiger partial charge in [-0.3, -0.25) is 4.57 Å². The summed E-state index contributed by atoms with van der Waals surface area (Å²) in [7, 11) is -0.245. The van der Waals surface area contributed by atoms with Crippen LogP contribution in [-0.4, -0.2) is 39.6 Å². The largest absolute Gasteiger partial charge is 0.493 e. The van der Waals surface area contributed by atoms with Gasteiger partial charge in [-0.25, -0.2) is 0 Å². The first-order valence-electron chi connectivity index (χ1n) is 7.25. The molecule has 1 aromatic rings. The summed E-state index contributed by atoms with van der Waals surface area (Å²) in [5.41, 5.74) is 9.85. The molecule has 0 fully saturated rings. The van der Waals surface area contributed by atoms with Gasteiger partial charge in [-0.05, 0) is 38.0 Å². The van der Waals surface area contributed by atoms with Gasteiger partial charge in [0.1, 0.15) is 0 Å². The van der Waals surface area contributed by atoms with Crippen LogP contribution in [0.25, 0.3) is 0 Å². The van der Waals surface area contributed by atoms with Crippen molar-refractivity contribution in [1.29, 1.82) is 0 Å².